The third-order valence-electron chi connectivity index (χ3n) is 4.19. The molecule has 24 heavy (non-hydrogen) atoms. The molecule has 1 aromatic carbocycles. The van der Waals surface area contributed by atoms with Crippen LogP contribution in [0.25, 0.3) is 0 Å². The van der Waals surface area contributed by atoms with E-state index in [0.29, 0.717) is 18.7 Å². The van der Waals surface area contributed by atoms with Crippen molar-refractivity contribution in [3.8, 4) is 0 Å². The number of carbonyl (C=O) groups is 2. The maximum absolute atomic E-state index is 12.6. The first kappa shape index (κ1) is 18.3. The minimum absolute atomic E-state index is 0.0296. The van der Waals surface area contributed by atoms with E-state index in [2.05, 4.69) is 12.2 Å². The summed E-state index contributed by atoms with van der Waals surface area (Å²) < 4.78 is 5.31. The first-order valence-electron chi connectivity index (χ1n) is 8.51. The number of rotatable bonds is 2. The van der Waals surface area contributed by atoms with Gasteiger partial charge in [0, 0.05) is 24.7 Å². The van der Waals surface area contributed by atoms with Crippen LogP contribution in [0.5, 0.6) is 0 Å². The summed E-state index contributed by atoms with van der Waals surface area (Å²) in [5, 5.41) is 2.93. The molecule has 0 aliphatic carbocycles. The number of aryl methyl sites for hydroxylation is 1. The standard InChI is InChI=1S/C19H28N2O3/c1-13-6-8-15(9-7-13)17(22)21-11-10-16(14(2)12-21)20-18(23)24-19(3,4)5/h6-9,14,16H,10-12H2,1-5H3,(H,20,23)/t14-,16+/m0/s1. The van der Waals surface area contributed by atoms with Crippen LogP contribution in [0.3, 0.4) is 0 Å². The molecule has 0 unspecified atom stereocenters. The largest absolute Gasteiger partial charge is 0.444 e. The van der Waals surface area contributed by atoms with Gasteiger partial charge in [0.25, 0.3) is 5.91 Å². The zero-order valence-corrected chi connectivity index (χ0v) is 15.3. The molecule has 1 aliphatic rings. The molecule has 0 spiro atoms. The number of amides is 2. The molecule has 1 saturated heterocycles. The van der Waals surface area contributed by atoms with Crippen molar-refractivity contribution in [2.24, 2.45) is 5.92 Å². The molecule has 0 bridgehead atoms. The Hall–Kier alpha value is -2.04. The van der Waals surface area contributed by atoms with Gasteiger partial charge in [-0.3, -0.25) is 4.79 Å². The van der Waals surface area contributed by atoms with Gasteiger partial charge in [0.05, 0.1) is 0 Å². The number of nitrogens with one attached hydrogen (secondary N) is 1. The molecule has 0 saturated carbocycles. The van der Waals surface area contributed by atoms with Crippen LogP contribution in [0.2, 0.25) is 0 Å². The van der Waals surface area contributed by atoms with Crippen molar-refractivity contribution < 1.29 is 14.3 Å². The summed E-state index contributed by atoms with van der Waals surface area (Å²) >= 11 is 0. The second kappa shape index (κ2) is 7.24. The monoisotopic (exact) mass is 332 g/mol. The van der Waals surface area contributed by atoms with E-state index < -0.39 is 11.7 Å². The molecule has 2 atom stereocenters. The fraction of sp³-hybridized carbons (Fsp3) is 0.579. The normalized spacial score (nSPS) is 21.3. The van der Waals surface area contributed by atoms with E-state index in [4.69, 9.17) is 4.74 Å². The Morgan fingerprint density at radius 2 is 1.83 bits per heavy atom. The second-order valence-electron chi connectivity index (χ2n) is 7.64. The number of benzene rings is 1. The Morgan fingerprint density at radius 3 is 2.38 bits per heavy atom. The molecular weight excluding hydrogens is 304 g/mol. The van der Waals surface area contributed by atoms with E-state index in [1.54, 1.807) is 0 Å². The van der Waals surface area contributed by atoms with Crippen LogP contribution < -0.4 is 5.32 Å². The topological polar surface area (TPSA) is 58.6 Å². The van der Waals surface area contributed by atoms with Crippen LogP contribution in [0.4, 0.5) is 4.79 Å². The van der Waals surface area contributed by atoms with Crippen LogP contribution in [-0.2, 0) is 4.74 Å². The molecule has 2 amide bonds. The number of ether oxygens (including phenoxy) is 1. The summed E-state index contributed by atoms with van der Waals surface area (Å²) in [7, 11) is 0. The van der Waals surface area contributed by atoms with Crippen LogP contribution >= 0.6 is 0 Å². The molecule has 0 radical (unpaired) electrons. The average molecular weight is 332 g/mol. The van der Waals surface area contributed by atoms with Gasteiger partial charge in [0.1, 0.15) is 5.60 Å². The van der Waals surface area contributed by atoms with E-state index in [-0.39, 0.29) is 17.9 Å². The van der Waals surface area contributed by atoms with Gasteiger partial charge in [-0.15, -0.1) is 0 Å². The lowest BCUT2D eigenvalue weighted by Crippen LogP contribution is -2.52. The fourth-order valence-electron chi connectivity index (χ4n) is 2.88. The predicted molar refractivity (Wildman–Crippen MR) is 94.0 cm³/mol. The average Bonchev–Trinajstić information content (AvgIpc) is 2.47. The van der Waals surface area contributed by atoms with Crippen molar-refractivity contribution >= 4 is 12.0 Å². The maximum atomic E-state index is 12.6. The maximum Gasteiger partial charge on any atom is 0.407 e. The van der Waals surface area contributed by atoms with Crippen molar-refractivity contribution in [2.45, 2.75) is 52.7 Å². The van der Waals surface area contributed by atoms with Crippen molar-refractivity contribution in [1.82, 2.24) is 10.2 Å². The molecule has 132 valence electrons. The van der Waals surface area contributed by atoms with Gasteiger partial charge in [-0.05, 0) is 52.2 Å². The Balaban J connectivity index is 1.91. The highest BCUT2D eigenvalue weighted by Gasteiger charge is 2.31. The summed E-state index contributed by atoms with van der Waals surface area (Å²) in [6, 6.07) is 7.67. The van der Waals surface area contributed by atoms with Gasteiger partial charge in [0.2, 0.25) is 0 Å². The zero-order chi connectivity index (χ0) is 17.9. The number of alkyl carbamates (subject to hydrolysis) is 1. The Labute approximate surface area is 144 Å². The number of carbonyl (C=O) groups excluding carboxylic acids is 2. The summed E-state index contributed by atoms with van der Waals surface area (Å²) in [5.41, 5.74) is 1.35. The van der Waals surface area contributed by atoms with E-state index in [0.717, 1.165) is 12.0 Å². The lowest BCUT2D eigenvalue weighted by Gasteiger charge is -2.37. The number of hydrogen-bond acceptors (Lipinski definition) is 3. The second-order valence-corrected chi connectivity index (χ2v) is 7.64. The summed E-state index contributed by atoms with van der Waals surface area (Å²) in [4.78, 5) is 26.4. The highest BCUT2D eigenvalue weighted by molar-refractivity contribution is 5.94. The zero-order valence-electron chi connectivity index (χ0n) is 15.3. The van der Waals surface area contributed by atoms with E-state index >= 15 is 0 Å². The van der Waals surface area contributed by atoms with Crippen molar-refractivity contribution in [3.63, 3.8) is 0 Å². The fourth-order valence-corrected chi connectivity index (χ4v) is 2.88. The molecule has 1 heterocycles. The van der Waals surface area contributed by atoms with Gasteiger partial charge in [-0.1, -0.05) is 24.6 Å². The highest BCUT2D eigenvalue weighted by Crippen LogP contribution is 2.20. The summed E-state index contributed by atoms with van der Waals surface area (Å²) in [5.74, 6) is 0.234. The van der Waals surface area contributed by atoms with E-state index in [1.165, 1.54) is 0 Å². The van der Waals surface area contributed by atoms with E-state index in [9.17, 15) is 9.59 Å². The molecule has 0 aromatic heterocycles. The molecule has 1 aliphatic heterocycles. The van der Waals surface area contributed by atoms with Gasteiger partial charge in [0.15, 0.2) is 0 Å². The van der Waals surface area contributed by atoms with Crippen molar-refractivity contribution in [2.75, 3.05) is 13.1 Å². The Kier molecular flexibility index (Phi) is 5.52. The van der Waals surface area contributed by atoms with Gasteiger partial charge in [-0.2, -0.15) is 0 Å². The van der Waals surface area contributed by atoms with Crippen LogP contribution in [-0.4, -0.2) is 41.6 Å². The lowest BCUT2D eigenvalue weighted by atomic mass is 9.93. The Bertz CT molecular complexity index is 590. The number of nitrogens with zero attached hydrogens (tertiary/aromatic N) is 1. The first-order valence-corrected chi connectivity index (χ1v) is 8.51. The van der Waals surface area contributed by atoms with E-state index in [1.807, 2.05) is 56.9 Å². The SMILES string of the molecule is Cc1ccc(C(=O)N2CC[C@@H](NC(=O)OC(C)(C)C)[C@@H](C)C2)cc1. The smallest absolute Gasteiger partial charge is 0.407 e. The molecule has 1 N–H and O–H groups in total. The Morgan fingerprint density at radius 1 is 1.21 bits per heavy atom. The van der Waals surface area contributed by atoms with Gasteiger partial charge in [-0.25, -0.2) is 4.79 Å². The molecule has 5 nitrogen and oxygen atoms in total. The molecule has 5 heteroatoms. The molecule has 2 rings (SSSR count). The minimum atomic E-state index is -0.505. The number of likely N-dealkylation sites (tertiary alicyclic amines) is 1. The lowest BCUT2D eigenvalue weighted by molar-refractivity contribution is 0.0431. The predicted octanol–water partition coefficient (Wildman–Crippen LogP) is 3.37. The molecule has 1 aromatic rings. The highest BCUT2D eigenvalue weighted by atomic mass is 16.6. The van der Waals surface area contributed by atoms with Crippen molar-refractivity contribution in [1.29, 1.82) is 0 Å². The first-order chi connectivity index (χ1) is 11.2. The third-order valence-corrected chi connectivity index (χ3v) is 4.19. The number of piperidine rings is 1. The van der Waals surface area contributed by atoms with Crippen LogP contribution in [0.1, 0.15) is 50.0 Å². The minimum Gasteiger partial charge on any atom is -0.444 e. The van der Waals surface area contributed by atoms with Crippen LogP contribution in [0, 0.1) is 12.8 Å². The van der Waals surface area contributed by atoms with Crippen molar-refractivity contribution in [3.05, 3.63) is 35.4 Å². The number of hydrogen-bond donors (Lipinski definition) is 1. The summed E-state index contributed by atoms with van der Waals surface area (Å²) in [6.45, 7) is 10.9. The van der Waals surface area contributed by atoms with Gasteiger partial charge < -0.3 is 15.0 Å². The third kappa shape index (κ3) is 4.98. The quantitative estimate of drug-likeness (QED) is 0.903. The van der Waals surface area contributed by atoms with Crippen LogP contribution in [0.15, 0.2) is 24.3 Å². The molecule has 1 fully saturated rings. The molecular formula is C19H28N2O3. The summed E-state index contributed by atoms with van der Waals surface area (Å²) in [6.07, 6.45) is 0.343. The van der Waals surface area contributed by atoms with Gasteiger partial charge >= 0.3 is 6.09 Å².